The van der Waals surface area contributed by atoms with E-state index in [1.54, 1.807) is 6.08 Å². The van der Waals surface area contributed by atoms with Gasteiger partial charge >= 0.3 is 11.9 Å². The van der Waals surface area contributed by atoms with Gasteiger partial charge in [-0.15, -0.1) is 0 Å². The SMILES string of the molecule is C/C(=C\[C@@H]1C[C@@H](C)[C@]2(C)C(C=C3C(C(=O)O)=C(C[C@]45CC[C@H](O4)C(C)(C)C5=O)C[C@@H](O)[C@]32C)O1)C(=O)O. The van der Waals surface area contributed by atoms with Gasteiger partial charge in [0.2, 0.25) is 0 Å². The largest absolute Gasteiger partial charge is 0.478 e. The number of fused-ring (bicyclic) bond motifs is 5. The maximum Gasteiger partial charge on any atom is 0.335 e. The zero-order valence-corrected chi connectivity index (χ0v) is 22.5. The molecule has 0 amide bonds. The van der Waals surface area contributed by atoms with Crippen molar-refractivity contribution in [3.8, 4) is 0 Å². The quantitative estimate of drug-likeness (QED) is 0.472. The average Bonchev–Trinajstić information content (AvgIpc) is 3.38. The molecule has 1 unspecified atom stereocenters. The maximum atomic E-state index is 13.4. The number of hydrogen-bond acceptors (Lipinski definition) is 6. The molecule has 5 aliphatic rings. The van der Waals surface area contributed by atoms with Crippen LogP contribution in [0.4, 0.5) is 0 Å². The number of carboxylic acid groups (broad SMARTS) is 2. The number of carbonyl (C=O) groups is 3. The molecule has 8 nitrogen and oxygen atoms in total. The number of hydrogen-bond donors (Lipinski definition) is 3. The second-order valence-electron chi connectivity index (χ2n) is 12.8. The lowest BCUT2D eigenvalue weighted by Crippen LogP contribution is -2.58. The predicted molar refractivity (Wildman–Crippen MR) is 134 cm³/mol. The van der Waals surface area contributed by atoms with Crippen molar-refractivity contribution in [3.63, 3.8) is 0 Å². The number of carbonyl (C=O) groups excluding carboxylic acids is 1. The minimum Gasteiger partial charge on any atom is -0.478 e. The van der Waals surface area contributed by atoms with E-state index in [0.717, 1.165) is 6.42 Å². The summed E-state index contributed by atoms with van der Waals surface area (Å²) in [4.78, 5) is 37.5. The first kappa shape index (κ1) is 26.3. The van der Waals surface area contributed by atoms with Crippen molar-refractivity contribution in [3.05, 3.63) is 34.4 Å². The topological polar surface area (TPSA) is 130 Å². The van der Waals surface area contributed by atoms with E-state index in [-0.39, 0.29) is 41.8 Å². The molecular weight excluding hydrogens is 476 g/mol. The first-order valence-corrected chi connectivity index (χ1v) is 13.3. The Hall–Kier alpha value is -2.29. The van der Waals surface area contributed by atoms with Crippen molar-refractivity contribution in [1.82, 2.24) is 0 Å². The molecule has 2 bridgehead atoms. The molecule has 5 rings (SSSR count). The molecule has 8 atom stereocenters. The number of ketones is 1. The van der Waals surface area contributed by atoms with Crippen LogP contribution in [0.25, 0.3) is 0 Å². The summed E-state index contributed by atoms with van der Waals surface area (Å²) in [6.07, 6.45) is 3.65. The van der Waals surface area contributed by atoms with Gasteiger partial charge in [0.05, 0.1) is 35.4 Å². The summed E-state index contributed by atoms with van der Waals surface area (Å²) in [5, 5.41) is 31.5. The van der Waals surface area contributed by atoms with Crippen LogP contribution in [0.15, 0.2) is 34.4 Å². The van der Waals surface area contributed by atoms with Crippen LogP contribution in [0.2, 0.25) is 0 Å². The van der Waals surface area contributed by atoms with Gasteiger partial charge in [0.1, 0.15) is 5.60 Å². The number of aliphatic hydroxyl groups excluding tert-OH is 1. The third kappa shape index (κ3) is 3.34. The molecule has 0 aromatic rings. The minimum absolute atomic E-state index is 0.00816. The molecule has 3 saturated heterocycles. The van der Waals surface area contributed by atoms with Gasteiger partial charge < -0.3 is 24.8 Å². The van der Waals surface area contributed by atoms with E-state index in [2.05, 4.69) is 6.92 Å². The van der Waals surface area contributed by atoms with Crippen LogP contribution in [-0.4, -0.2) is 63.1 Å². The second kappa shape index (κ2) is 8.10. The van der Waals surface area contributed by atoms with Crippen molar-refractivity contribution in [1.29, 1.82) is 0 Å². The number of carboxylic acids is 2. The normalized spacial score (nSPS) is 44.5. The third-order valence-electron chi connectivity index (χ3n) is 10.7. The molecule has 0 aromatic carbocycles. The number of Topliss-reactive ketones (excluding diaryl/α,β-unsaturated/α-hetero) is 1. The van der Waals surface area contributed by atoms with E-state index in [4.69, 9.17) is 9.47 Å². The van der Waals surface area contributed by atoms with E-state index in [1.165, 1.54) is 6.92 Å². The van der Waals surface area contributed by atoms with Crippen molar-refractivity contribution in [2.24, 2.45) is 22.2 Å². The van der Waals surface area contributed by atoms with Crippen LogP contribution in [0.5, 0.6) is 0 Å². The standard InChI is InChI=1S/C29H38O8/c1-14(23(31)32)9-17-10-15(2)27(5)21(36-17)12-18-22(24(33)34)16(11-19(30)28(18,27)6)13-29-8-7-20(37-29)26(3,4)25(29)35/h9,12,15,17,19-21,30H,7-8,10-11,13H2,1-6H3,(H,31,32)(H,33,34)/b14-9+/t15-,17-,19-,20+,21?,27-,28+,29+/m1/s1. The van der Waals surface area contributed by atoms with Gasteiger partial charge in [0, 0.05) is 22.8 Å². The molecule has 0 radical (unpaired) electrons. The van der Waals surface area contributed by atoms with E-state index in [9.17, 15) is 29.7 Å². The minimum atomic E-state index is -1.08. The highest BCUT2D eigenvalue weighted by Gasteiger charge is 2.67. The molecule has 37 heavy (non-hydrogen) atoms. The van der Waals surface area contributed by atoms with Crippen LogP contribution < -0.4 is 0 Å². The number of ether oxygens (including phenoxy) is 2. The summed E-state index contributed by atoms with van der Waals surface area (Å²) in [7, 11) is 0. The Morgan fingerprint density at radius 3 is 2.43 bits per heavy atom. The summed E-state index contributed by atoms with van der Waals surface area (Å²) in [5.74, 6) is -2.07. The third-order valence-corrected chi connectivity index (χ3v) is 10.7. The Morgan fingerprint density at radius 2 is 1.86 bits per heavy atom. The number of aliphatic hydroxyl groups is 1. The van der Waals surface area contributed by atoms with Gasteiger partial charge in [-0.25, -0.2) is 9.59 Å². The van der Waals surface area contributed by atoms with Crippen LogP contribution in [0, 0.1) is 22.2 Å². The molecule has 3 N–H and O–H groups in total. The Labute approximate surface area is 217 Å². The molecule has 8 heteroatoms. The first-order chi connectivity index (χ1) is 17.1. The monoisotopic (exact) mass is 514 g/mol. The fourth-order valence-electron chi connectivity index (χ4n) is 8.11. The summed E-state index contributed by atoms with van der Waals surface area (Å²) in [6, 6.07) is 0. The van der Waals surface area contributed by atoms with E-state index < -0.39 is 52.1 Å². The Kier molecular flexibility index (Phi) is 5.77. The summed E-state index contributed by atoms with van der Waals surface area (Å²) >= 11 is 0. The molecule has 0 aromatic heterocycles. The van der Waals surface area contributed by atoms with Crippen LogP contribution in [-0.2, 0) is 23.9 Å². The zero-order chi connectivity index (χ0) is 27.3. The van der Waals surface area contributed by atoms with Crippen LogP contribution >= 0.6 is 0 Å². The van der Waals surface area contributed by atoms with Crippen molar-refractivity contribution in [2.45, 2.75) is 104 Å². The van der Waals surface area contributed by atoms with Gasteiger partial charge in [0.15, 0.2) is 5.78 Å². The lowest BCUT2D eigenvalue weighted by molar-refractivity contribution is -0.169. The molecule has 202 valence electrons. The van der Waals surface area contributed by atoms with Crippen LogP contribution in [0.1, 0.15) is 73.6 Å². The Balaban J connectivity index is 1.57. The zero-order valence-electron chi connectivity index (χ0n) is 22.5. The van der Waals surface area contributed by atoms with E-state index in [0.29, 0.717) is 24.0 Å². The lowest BCUT2D eigenvalue weighted by Gasteiger charge is -2.56. The smallest absolute Gasteiger partial charge is 0.335 e. The predicted octanol–water partition coefficient (Wildman–Crippen LogP) is 3.83. The lowest BCUT2D eigenvalue weighted by atomic mass is 9.51. The second-order valence-corrected chi connectivity index (χ2v) is 12.8. The van der Waals surface area contributed by atoms with Crippen molar-refractivity contribution >= 4 is 17.7 Å². The van der Waals surface area contributed by atoms with Crippen molar-refractivity contribution in [2.75, 3.05) is 0 Å². The van der Waals surface area contributed by atoms with Gasteiger partial charge in [-0.05, 0) is 55.7 Å². The van der Waals surface area contributed by atoms with Gasteiger partial charge in [-0.1, -0.05) is 40.7 Å². The Bertz CT molecular complexity index is 1180. The van der Waals surface area contributed by atoms with E-state index in [1.807, 2.05) is 33.8 Å². The average molecular weight is 515 g/mol. The highest BCUT2D eigenvalue weighted by molar-refractivity contribution is 5.97. The summed E-state index contributed by atoms with van der Waals surface area (Å²) < 4.78 is 12.6. The fourth-order valence-corrected chi connectivity index (χ4v) is 8.11. The summed E-state index contributed by atoms with van der Waals surface area (Å²) in [6.45, 7) is 11.3. The first-order valence-electron chi connectivity index (χ1n) is 13.3. The molecule has 2 aliphatic carbocycles. The Morgan fingerprint density at radius 1 is 1.19 bits per heavy atom. The van der Waals surface area contributed by atoms with Gasteiger partial charge in [-0.2, -0.15) is 0 Å². The molecule has 0 saturated carbocycles. The van der Waals surface area contributed by atoms with E-state index >= 15 is 0 Å². The molecule has 3 aliphatic heterocycles. The highest BCUT2D eigenvalue weighted by atomic mass is 16.5. The summed E-state index contributed by atoms with van der Waals surface area (Å²) in [5.41, 5.74) is -1.70. The van der Waals surface area contributed by atoms with Crippen molar-refractivity contribution < 1.29 is 39.2 Å². The molecular formula is C29H38O8. The molecule has 3 heterocycles. The highest BCUT2D eigenvalue weighted by Crippen LogP contribution is 2.67. The number of aliphatic carboxylic acids is 2. The number of rotatable bonds is 5. The maximum absolute atomic E-state index is 13.4. The van der Waals surface area contributed by atoms with Gasteiger partial charge in [-0.3, -0.25) is 4.79 Å². The molecule has 3 fully saturated rings. The van der Waals surface area contributed by atoms with Gasteiger partial charge in [0.25, 0.3) is 0 Å². The fraction of sp³-hybridized carbons (Fsp3) is 0.690. The van der Waals surface area contributed by atoms with Crippen LogP contribution in [0.3, 0.4) is 0 Å². The molecule has 0 spiro atoms.